The van der Waals surface area contributed by atoms with Gasteiger partial charge < -0.3 is 5.32 Å². The Labute approximate surface area is 124 Å². The molecule has 19 heavy (non-hydrogen) atoms. The van der Waals surface area contributed by atoms with Gasteiger partial charge in [-0.2, -0.15) is 0 Å². The zero-order valence-corrected chi connectivity index (χ0v) is 13.6. The standard InChI is InChI=1S/C16H23BrFN/c1-16(2)10-5-4-8-12(16)15(19-3)11-7-6-9-13(17)14(11)18/h6-7,9,12,15,19H,4-5,8,10H2,1-3H3. The molecule has 1 aliphatic carbocycles. The normalized spacial score (nSPS) is 24.2. The van der Waals surface area contributed by atoms with E-state index in [1.54, 1.807) is 6.07 Å². The third-order valence-corrected chi connectivity index (χ3v) is 5.23. The van der Waals surface area contributed by atoms with Gasteiger partial charge in [0.05, 0.1) is 4.47 Å². The average Bonchev–Trinajstić information content (AvgIpc) is 2.37. The van der Waals surface area contributed by atoms with Gasteiger partial charge >= 0.3 is 0 Å². The maximum Gasteiger partial charge on any atom is 0.142 e. The van der Waals surface area contributed by atoms with Crippen LogP contribution in [0.3, 0.4) is 0 Å². The third kappa shape index (κ3) is 3.03. The van der Waals surface area contributed by atoms with Crippen LogP contribution in [0.15, 0.2) is 22.7 Å². The molecule has 2 rings (SSSR count). The maximum atomic E-state index is 14.4. The Morgan fingerprint density at radius 1 is 1.37 bits per heavy atom. The van der Waals surface area contributed by atoms with Gasteiger partial charge in [-0.05, 0) is 53.2 Å². The fourth-order valence-electron chi connectivity index (χ4n) is 3.47. The number of halogens is 2. The van der Waals surface area contributed by atoms with Crippen molar-refractivity contribution in [3.63, 3.8) is 0 Å². The lowest BCUT2D eigenvalue weighted by Gasteiger charge is -2.43. The van der Waals surface area contributed by atoms with E-state index < -0.39 is 0 Å². The maximum absolute atomic E-state index is 14.4. The van der Waals surface area contributed by atoms with Crippen molar-refractivity contribution in [3.05, 3.63) is 34.1 Å². The number of rotatable bonds is 3. The first-order valence-corrected chi connectivity index (χ1v) is 7.88. The molecule has 1 aromatic carbocycles. The van der Waals surface area contributed by atoms with E-state index >= 15 is 0 Å². The fourth-order valence-corrected chi connectivity index (χ4v) is 3.85. The minimum Gasteiger partial charge on any atom is -0.313 e. The van der Waals surface area contributed by atoms with Crippen molar-refractivity contribution in [2.75, 3.05) is 7.05 Å². The van der Waals surface area contributed by atoms with Crippen LogP contribution in [0.4, 0.5) is 4.39 Å². The first-order valence-electron chi connectivity index (χ1n) is 7.08. The summed E-state index contributed by atoms with van der Waals surface area (Å²) in [5.74, 6) is 0.360. The molecule has 0 radical (unpaired) electrons. The smallest absolute Gasteiger partial charge is 0.142 e. The summed E-state index contributed by atoms with van der Waals surface area (Å²) < 4.78 is 14.9. The van der Waals surface area contributed by atoms with E-state index in [9.17, 15) is 4.39 Å². The molecule has 0 saturated heterocycles. The number of hydrogen-bond acceptors (Lipinski definition) is 1. The van der Waals surface area contributed by atoms with Crippen LogP contribution in [0.1, 0.15) is 51.1 Å². The van der Waals surface area contributed by atoms with Crippen molar-refractivity contribution < 1.29 is 4.39 Å². The predicted octanol–water partition coefficient (Wildman–Crippen LogP) is 5.07. The van der Waals surface area contributed by atoms with E-state index in [1.165, 1.54) is 25.7 Å². The molecule has 2 unspecified atom stereocenters. The van der Waals surface area contributed by atoms with Crippen molar-refractivity contribution in [1.29, 1.82) is 0 Å². The molecule has 0 bridgehead atoms. The quantitative estimate of drug-likeness (QED) is 0.817. The molecular formula is C16H23BrFN. The fraction of sp³-hybridized carbons (Fsp3) is 0.625. The molecule has 0 spiro atoms. The zero-order chi connectivity index (χ0) is 14.0. The Kier molecular flexibility index (Phi) is 4.67. The molecule has 0 aromatic heterocycles. The van der Waals surface area contributed by atoms with Crippen LogP contribution >= 0.6 is 15.9 Å². The Morgan fingerprint density at radius 2 is 2.11 bits per heavy atom. The summed E-state index contributed by atoms with van der Waals surface area (Å²) in [6.07, 6.45) is 4.94. The summed E-state index contributed by atoms with van der Waals surface area (Å²) in [6, 6.07) is 5.68. The highest BCUT2D eigenvalue weighted by atomic mass is 79.9. The number of hydrogen-bond donors (Lipinski definition) is 1. The molecule has 0 heterocycles. The van der Waals surface area contributed by atoms with Crippen molar-refractivity contribution >= 4 is 15.9 Å². The molecule has 2 atom stereocenters. The van der Waals surface area contributed by atoms with Crippen molar-refractivity contribution in [3.8, 4) is 0 Å². The van der Waals surface area contributed by atoms with Crippen LogP contribution in [-0.4, -0.2) is 7.05 Å². The average molecular weight is 328 g/mol. The summed E-state index contributed by atoms with van der Waals surface area (Å²) in [4.78, 5) is 0. The SMILES string of the molecule is CNC(c1cccc(Br)c1F)C1CCCCC1(C)C. The zero-order valence-electron chi connectivity index (χ0n) is 12.0. The first kappa shape index (κ1) is 15.0. The van der Waals surface area contributed by atoms with Crippen LogP contribution in [0.2, 0.25) is 0 Å². The Balaban J connectivity index is 2.36. The topological polar surface area (TPSA) is 12.0 Å². The molecule has 1 aliphatic rings. The monoisotopic (exact) mass is 327 g/mol. The van der Waals surface area contributed by atoms with Crippen LogP contribution < -0.4 is 5.32 Å². The summed E-state index contributed by atoms with van der Waals surface area (Å²) >= 11 is 3.29. The van der Waals surface area contributed by atoms with E-state index in [0.29, 0.717) is 10.4 Å². The molecular weight excluding hydrogens is 305 g/mol. The molecule has 3 heteroatoms. The molecule has 0 amide bonds. The van der Waals surface area contributed by atoms with Crippen LogP contribution in [-0.2, 0) is 0 Å². The summed E-state index contributed by atoms with van der Waals surface area (Å²) in [7, 11) is 1.94. The van der Waals surface area contributed by atoms with Crippen molar-refractivity contribution in [1.82, 2.24) is 5.32 Å². The van der Waals surface area contributed by atoms with Crippen LogP contribution in [0.5, 0.6) is 0 Å². The molecule has 1 aromatic rings. The molecule has 1 fully saturated rings. The Bertz CT molecular complexity index is 444. The summed E-state index contributed by atoms with van der Waals surface area (Å²) in [6.45, 7) is 4.63. The summed E-state index contributed by atoms with van der Waals surface area (Å²) in [5.41, 5.74) is 1.05. The highest BCUT2D eigenvalue weighted by molar-refractivity contribution is 9.10. The highest BCUT2D eigenvalue weighted by Gasteiger charge is 2.38. The molecule has 1 saturated carbocycles. The van der Waals surface area contributed by atoms with Gasteiger partial charge in [-0.15, -0.1) is 0 Å². The van der Waals surface area contributed by atoms with E-state index in [0.717, 1.165) is 5.56 Å². The second-order valence-corrected chi connectivity index (χ2v) is 7.10. The largest absolute Gasteiger partial charge is 0.313 e. The van der Waals surface area contributed by atoms with Gasteiger partial charge in [0.15, 0.2) is 0 Å². The Hall–Kier alpha value is -0.410. The first-order chi connectivity index (χ1) is 8.97. The lowest BCUT2D eigenvalue weighted by atomic mass is 9.65. The van der Waals surface area contributed by atoms with Crippen LogP contribution in [0, 0.1) is 17.2 Å². The summed E-state index contributed by atoms with van der Waals surface area (Å²) in [5, 5.41) is 3.35. The highest BCUT2D eigenvalue weighted by Crippen LogP contribution is 2.47. The molecule has 0 aliphatic heterocycles. The van der Waals surface area contributed by atoms with Gasteiger partial charge in [0.2, 0.25) is 0 Å². The number of nitrogens with one attached hydrogen (secondary N) is 1. The second kappa shape index (κ2) is 5.92. The van der Waals surface area contributed by atoms with Gasteiger partial charge in [-0.3, -0.25) is 0 Å². The van der Waals surface area contributed by atoms with Gasteiger partial charge in [-0.1, -0.05) is 38.8 Å². The van der Waals surface area contributed by atoms with Gasteiger partial charge in [0, 0.05) is 11.6 Å². The molecule has 1 nitrogen and oxygen atoms in total. The van der Waals surface area contributed by atoms with E-state index in [2.05, 4.69) is 35.1 Å². The lowest BCUT2D eigenvalue weighted by Crippen LogP contribution is -2.38. The molecule has 106 valence electrons. The Morgan fingerprint density at radius 3 is 2.74 bits per heavy atom. The van der Waals surface area contributed by atoms with Gasteiger partial charge in [0.1, 0.15) is 5.82 Å². The molecule has 1 N–H and O–H groups in total. The lowest BCUT2D eigenvalue weighted by molar-refractivity contribution is 0.0998. The minimum atomic E-state index is -0.122. The van der Waals surface area contributed by atoms with E-state index in [1.807, 2.05) is 19.2 Å². The second-order valence-electron chi connectivity index (χ2n) is 6.25. The van der Waals surface area contributed by atoms with Crippen molar-refractivity contribution in [2.45, 2.75) is 45.6 Å². The third-order valence-electron chi connectivity index (χ3n) is 4.62. The minimum absolute atomic E-state index is 0.0906. The van der Waals surface area contributed by atoms with Crippen molar-refractivity contribution in [2.24, 2.45) is 11.3 Å². The predicted molar refractivity (Wildman–Crippen MR) is 81.6 cm³/mol. The van der Waals surface area contributed by atoms with E-state index in [4.69, 9.17) is 0 Å². The van der Waals surface area contributed by atoms with Gasteiger partial charge in [0.25, 0.3) is 0 Å². The van der Waals surface area contributed by atoms with E-state index in [-0.39, 0.29) is 17.3 Å². The number of benzene rings is 1. The van der Waals surface area contributed by atoms with Crippen LogP contribution in [0.25, 0.3) is 0 Å². The van der Waals surface area contributed by atoms with Gasteiger partial charge in [-0.25, -0.2) is 4.39 Å².